The number of aryl methyl sites for hydroxylation is 1. The fourth-order valence-electron chi connectivity index (χ4n) is 1.11. The van der Waals surface area contributed by atoms with E-state index in [9.17, 15) is 4.39 Å². The normalized spacial score (nSPS) is 10.3. The Labute approximate surface area is 79.9 Å². The summed E-state index contributed by atoms with van der Waals surface area (Å²) in [6.07, 6.45) is 1.80. The highest BCUT2D eigenvalue weighted by Crippen LogP contribution is 2.24. The predicted molar refractivity (Wildman–Crippen MR) is 52.2 cm³/mol. The average molecular weight is 193 g/mol. The minimum absolute atomic E-state index is 0.217. The van der Waals surface area contributed by atoms with E-state index in [2.05, 4.69) is 4.98 Å². The molecule has 0 aliphatic carbocycles. The number of hydrogen-bond donors (Lipinski definition) is 0. The van der Waals surface area contributed by atoms with Crippen LogP contribution >= 0.6 is 11.3 Å². The van der Waals surface area contributed by atoms with Crippen LogP contribution in [0.5, 0.6) is 0 Å². The topological polar surface area (TPSA) is 12.9 Å². The van der Waals surface area contributed by atoms with Crippen molar-refractivity contribution in [3.63, 3.8) is 0 Å². The Balaban J connectivity index is 2.46. The number of nitrogens with zero attached hydrogens (tertiary/aromatic N) is 1. The van der Waals surface area contributed by atoms with E-state index >= 15 is 0 Å². The van der Waals surface area contributed by atoms with Gasteiger partial charge < -0.3 is 0 Å². The van der Waals surface area contributed by atoms with Crippen molar-refractivity contribution in [2.45, 2.75) is 6.92 Å². The molecule has 0 aliphatic rings. The van der Waals surface area contributed by atoms with Crippen LogP contribution in [0.25, 0.3) is 10.6 Å². The second-order valence-corrected chi connectivity index (χ2v) is 4.02. The van der Waals surface area contributed by atoms with Crippen molar-refractivity contribution in [2.75, 3.05) is 0 Å². The van der Waals surface area contributed by atoms with Crippen molar-refractivity contribution in [2.24, 2.45) is 0 Å². The molecule has 0 N–H and O–H groups in total. The van der Waals surface area contributed by atoms with Gasteiger partial charge in [0.1, 0.15) is 10.8 Å². The van der Waals surface area contributed by atoms with Crippen molar-refractivity contribution >= 4 is 11.3 Å². The highest BCUT2D eigenvalue weighted by atomic mass is 32.1. The lowest BCUT2D eigenvalue weighted by atomic mass is 10.2. The summed E-state index contributed by atoms with van der Waals surface area (Å²) in [5.74, 6) is -0.217. The van der Waals surface area contributed by atoms with E-state index in [4.69, 9.17) is 0 Å². The predicted octanol–water partition coefficient (Wildman–Crippen LogP) is 3.26. The molecule has 1 aromatic carbocycles. The van der Waals surface area contributed by atoms with Crippen LogP contribution in [0.2, 0.25) is 0 Å². The Morgan fingerprint density at radius 1 is 1.38 bits per heavy atom. The Morgan fingerprint density at radius 2 is 2.23 bits per heavy atom. The Kier molecular flexibility index (Phi) is 2.10. The molecule has 1 heterocycles. The third-order valence-electron chi connectivity index (χ3n) is 1.69. The molecule has 0 unspecified atom stereocenters. The minimum Gasteiger partial charge on any atom is -0.244 e. The minimum atomic E-state index is -0.217. The van der Waals surface area contributed by atoms with Gasteiger partial charge in [-0.05, 0) is 19.1 Å². The molecular formula is C10H8FNS. The van der Waals surface area contributed by atoms with Gasteiger partial charge in [-0.2, -0.15) is 0 Å². The number of halogens is 1. The van der Waals surface area contributed by atoms with E-state index in [1.165, 1.54) is 12.1 Å². The largest absolute Gasteiger partial charge is 0.244 e. The van der Waals surface area contributed by atoms with E-state index < -0.39 is 0 Å². The maximum absolute atomic E-state index is 12.8. The van der Waals surface area contributed by atoms with Gasteiger partial charge in [0, 0.05) is 16.6 Å². The van der Waals surface area contributed by atoms with Crippen LogP contribution < -0.4 is 0 Å². The van der Waals surface area contributed by atoms with Gasteiger partial charge in [0.25, 0.3) is 0 Å². The van der Waals surface area contributed by atoms with Gasteiger partial charge in [0.15, 0.2) is 0 Å². The molecule has 0 atom stereocenters. The first-order valence-corrected chi connectivity index (χ1v) is 4.76. The maximum atomic E-state index is 12.8. The molecule has 2 rings (SSSR count). The fourth-order valence-corrected chi connectivity index (χ4v) is 1.87. The molecular weight excluding hydrogens is 185 g/mol. The SMILES string of the molecule is Cc1cnc(-c2cccc(F)c2)s1. The highest BCUT2D eigenvalue weighted by Gasteiger charge is 2.02. The fraction of sp³-hybridized carbons (Fsp3) is 0.100. The summed E-state index contributed by atoms with van der Waals surface area (Å²) in [7, 11) is 0. The van der Waals surface area contributed by atoms with Crippen molar-refractivity contribution in [1.29, 1.82) is 0 Å². The molecule has 0 bridgehead atoms. The van der Waals surface area contributed by atoms with Gasteiger partial charge in [-0.1, -0.05) is 12.1 Å². The third kappa shape index (κ3) is 1.75. The van der Waals surface area contributed by atoms with Gasteiger partial charge in [-0.3, -0.25) is 0 Å². The Morgan fingerprint density at radius 3 is 2.85 bits per heavy atom. The molecule has 13 heavy (non-hydrogen) atoms. The van der Waals surface area contributed by atoms with E-state index in [0.717, 1.165) is 15.4 Å². The quantitative estimate of drug-likeness (QED) is 0.677. The molecule has 0 fully saturated rings. The summed E-state index contributed by atoms with van der Waals surface area (Å²) >= 11 is 1.57. The van der Waals surface area contributed by atoms with Crippen LogP contribution in [0.15, 0.2) is 30.5 Å². The molecule has 2 aromatic rings. The van der Waals surface area contributed by atoms with Crippen molar-refractivity contribution < 1.29 is 4.39 Å². The lowest BCUT2D eigenvalue weighted by Gasteiger charge is -1.94. The molecule has 0 radical (unpaired) electrons. The molecule has 66 valence electrons. The van der Waals surface area contributed by atoms with E-state index in [1.54, 1.807) is 23.6 Å². The van der Waals surface area contributed by atoms with Crippen molar-refractivity contribution in [3.05, 3.63) is 41.2 Å². The van der Waals surface area contributed by atoms with Gasteiger partial charge in [-0.25, -0.2) is 9.37 Å². The second-order valence-electron chi connectivity index (χ2n) is 2.79. The van der Waals surface area contributed by atoms with Crippen LogP contribution in [-0.2, 0) is 0 Å². The summed E-state index contributed by atoms with van der Waals surface area (Å²) in [6, 6.07) is 6.49. The van der Waals surface area contributed by atoms with E-state index in [-0.39, 0.29) is 5.82 Å². The third-order valence-corrected chi connectivity index (χ3v) is 2.65. The Bertz CT molecular complexity index is 422. The van der Waals surface area contributed by atoms with Crippen LogP contribution in [-0.4, -0.2) is 4.98 Å². The second kappa shape index (κ2) is 3.26. The Hall–Kier alpha value is -1.22. The van der Waals surface area contributed by atoms with Crippen LogP contribution in [0.4, 0.5) is 4.39 Å². The monoisotopic (exact) mass is 193 g/mol. The maximum Gasteiger partial charge on any atom is 0.123 e. The van der Waals surface area contributed by atoms with E-state index in [0.29, 0.717) is 0 Å². The number of rotatable bonds is 1. The lowest BCUT2D eigenvalue weighted by Crippen LogP contribution is -1.77. The van der Waals surface area contributed by atoms with Gasteiger partial charge in [0.05, 0.1) is 0 Å². The number of aromatic nitrogens is 1. The molecule has 1 nitrogen and oxygen atoms in total. The number of thiazole rings is 1. The molecule has 0 aliphatic heterocycles. The molecule has 0 saturated heterocycles. The van der Waals surface area contributed by atoms with Crippen LogP contribution in [0, 0.1) is 12.7 Å². The summed E-state index contributed by atoms with van der Waals surface area (Å²) in [5, 5.41) is 0.872. The zero-order valence-electron chi connectivity index (χ0n) is 7.12. The summed E-state index contributed by atoms with van der Waals surface area (Å²) < 4.78 is 12.8. The first-order valence-electron chi connectivity index (χ1n) is 3.94. The van der Waals surface area contributed by atoms with Gasteiger partial charge in [0.2, 0.25) is 0 Å². The van der Waals surface area contributed by atoms with Gasteiger partial charge in [-0.15, -0.1) is 11.3 Å². The number of benzene rings is 1. The van der Waals surface area contributed by atoms with Gasteiger partial charge >= 0.3 is 0 Å². The molecule has 0 spiro atoms. The number of hydrogen-bond acceptors (Lipinski definition) is 2. The summed E-state index contributed by atoms with van der Waals surface area (Å²) in [6.45, 7) is 1.99. The molecule has 0 saturated carbocycles. The first-order chi connectivity index (χ1) is 6.25. The zero-order chi connectivity index (χ0) is 9.26. The molecule has 1 aromatic heterocycles. The summed E-state index contributed by atoms with van der Waals surface area (Å²) in [5.41, 5.74) is 0.845. The first kappa shape index (κ1) is 8.38. The summed E-state index contributed by atoms with van der Waals surface area (Å²) in [4.78, 5) is 5.32. The molecule has 0 amide bonds. The molecule has 3 heteroatoms. The smallest absolute Gasteiger partial charge is 0.123 e. The lowest BCUT2D eigenvalue weighted by molar-refractivity contribution is 0.628. The average Bonchev–Trinajstić information content (AvgIpc) is 2.52. The standard InChI is InChI=1S/C10H8FNS/c1-7-6-12-10(13-7)8-3-2-4-9(11)5-8/h2-6H,1H3. The zero-order valence-corrected chi connectivity index (χ0v) is 7.94. The van der Waals surface area contributed by atoms with Crippen LogP contribution in [0.1, 0.15) is 4.88 Å². The highest BCUT2D eigenvalue weighted by molar-refractivity contribution is 7.14. The van der Waals surface area contributed by atoms with E-state index in [1.807, 2.05) is 13.0 Å². The van der Waals surface area contributed by atoms with Crippen LogP contribution in [0.3, 0.4) is 0 Å². The van der Waals surface area contributed by atoms with Crippen molar-refractivity contribution in [3.8, 4) is 10.6 Å². The van der Waals surface area contributed by atoms with Crippen molar-refractivity contribution in [1.82, 2.24) is 4.98 Å².